The normalized spacial score (nSPS) is 12.0. The Morgan fingerprint density at radius 1 is 0.542 bits per heavy atom. The number of hydrogen-bond acceptors (Lipinski definition) is 0. The highest BCUT2D eigenvalue weighted by Crippen LogP contribution is 2.32. The maximum Gasteiger partial charge on any atom is -0.0146 e. The molecule has 3 aromatic carbocycles. The van der Waals surface area contributed by atoms with Gasteiger partial charge in [-0.1, -0.05) is 66.7 Å². The van der Waals surface area contributed by atoms with Gasteiger partial charge in [0.15, 0.2) is 0 Å². The molecule has 0 saturated heterocycles. The molecule has 0 N–H and O–H groups in total. The first-order chi connectivity index (χ1) is 11.6. The molecule has 0 bridgehead atoms. The molecule has 0 atom stereocenters. The Bertz CT molecular complexity index is 883. The maximum absolute atomic E-state index is 2.33. The average Bonchev–Trinajstić information content (AvgIpc) is 2.62. The SMILES string of the molecule is C/C(=C(\C)c1ccc(C)c(-c2ccccc2C)c1)c1ccccc1. The van der Waals surface area contributed by atoms with Gasteiger partial charge >= 0.3 is 0 Å². The Balaban J connectivity index is 2.11. The molecule has 0 nitrogen and oxygen atoms in total. The number of hydrogen-bond donors (Lipinski definition) is 0. The van der Waals surface area contributed by atoms with E-state index in [0.29, 0.717) is 0 Å². The molecule has 0 saturated carbocycles. The minimum absolute atomic E-state index is 1.29. The van der Waals surface area contributed by atoms with Crippen molar-refractivity contribution >= 4 is 11.1 Å². The van der Waals surface area contributed by atoms with Crippen LogP contribution in [-0.2, 0) is 0 Å². The topological polar surface area (TPSA) is 0 Å². The molecular weight excluding hydrogens is 288 g/mol. The number of allylic oxidation sites excluding steroid dienone is 2. The summed E-state index contributed by atoms with van der Waals surface area (Å²) in [4.78, 5) is 0. The monoisotopic (exact) mass is 312 g/mol. The predicted molar refractivity (Wildman–Crippen MR) is 106 cm³/mol. The van der Waals surface area contributed by atoms with Crippen molar-refractivity contribution < 1.29 is 0 Å². The lowest BCUT2D eigenvalue weighted by Gasteiger charge is -2.14. The second-order valence-corrected chi connectivity index (χ2v) is 6.46. The van der Waals surface area contributed by atoms with Gasteiger partial charge in [0.1, 0.15) is 0 Å². The van der Waals surface area contributed by atoms with Crippen LogP contribution < -0.4 is 0 Å². The van der Waals surface area contributed by atoms with E-state index in [0.717, 1.165) is 0 Å². The highest BCUT2D eigenvalue weighted by molar-refractivity contribution is 5.90. The lowest BCUT2D eigenvalue weighted by atomic mass is 9.91. The first kappa shape index (κ1) is 16.3. The van der Waals surface area contributed by atoms with Crippen LogP contribution in [0.25, 0.3) is 22.3 Å². The third-order valence-corrected chi connectivity index (χ3v) is 4.88. The number of benzene rings is 3. The van der Waals surface area contributed by atoms with Crippen molar-refractivity contribution in [3.63, 3.8) is 0 Å². The van der Waals surface area contributed by atoms with E-state index in [1.807, 2.05) is 0 Å². The fourth-order valence-electron chi connectivity index (χ4n) is 3.14. The first-order valence-corrected chi connectivity index (χ1v) is 8.48. The van der Waals surface area contributed by atoms with Crippen LogP contribution in [0.2, 0.25) is 0 Å². The Labute approximate surface area is 145 Å². The molecule has 0 amide bonds. The van der Waals surface area contributed by atoms with E-state index in [-0.39, 0.29) is 0 Å². The summed E-state index contributed by atoms with van der Waals surface area (Å²) in [5, 5.41) is 0. The molecule has 0 heteroatoms. The van der Waals surface area contributed by atoms with Gasteiger partial charge in [-0.15, -0.1) is 0 Å². The van der Waals surface area contributed by atoms with Gasteiger partial charge in [-0.05, 0) is 78.3 Å². The van der Waals surface area contributed by atoms with Crippen molar-refractivity contribution in [2.45, 2.75) is 27.7 Å². The average molecular weight is 312 g/mol. The lowest BCUT2D eigenvalue weighted by Crippen LogP contribution is -1.91. The zero-order valence-corrected chi connectivity index (χ0v) is 14.9. The van der Waals surface area contributed by atoms with Crippen LogP contribution in [0.3, 0.4) is 0 Å². The van der Waals surface area contributed by atoms with Crippen molar-refractivity contribution in [1.82, 2.24) is 0 Å². The molecule has 0 aromatic heterocycles. The van der Waals surface area contributed by atoms with E-state index < -0.39 is 0 Å². The molecule has 0 radical (unpaired) electrons. The van der Waals surface area contributed by atoms with Crippen molar-refractivity contribution in [1.29, 1.82) is 0 Å². The summed E-state index contributed by atoms with van der Waals surface area (Å²) in [6.07, 6.45) is 0. The summed E-state index contributed by atoms with van der Waals surface area (Å²) in [6.45, 7) is 8.79. The minimum atomic E-state index is 1.29. The van der Waals surface area contributed by atoms with Crippen molar-refractivity contribution in [2.75, 3.05) is 0 Å². The standard InChI is InChI=1S/C24H24/c1-17-10-8-9-13-23(17)24-16-22(15-14-18(24)2)20(4)19(3)21-11-6-5-7-12-21/h5-16H,1-4H3/b20-19-. The highest BCUT2D eigenvalue weighted by atomic mass is 14.1. The third-order valence-electron chi connectivity index (χ3n) is 4.88. The van der Waals surface area contributed by atoms with Crippen LogP contribution in [0.1, 0.15) is 36.1 Å². The van der Waals surface area contributed by atoms with Crippen molar-refractivity contribution in [3.8, 4) is 11.1 Å². The maximum atomic E-state index is 2.33. The molecule has 0 heterocycles. The Morgan fingerprint density at radius 3 is 1.83 bits per heavy atom. The predicted octanol–water partition coefficient (Wildman–Crippen LogP) is 6.92. The zero-order valence-electron chi connectivity index (χ0n) is 14.9. The molecule has 0 aliphatic carbocycles. The van der Waals surface area contributed by atoms with E-state index in [2.05, 4.69) is 100 Å². The van der Waals surface area contributed by atoms with Gasteiger partial charge in [-0.3, -0.25) is 0 Å². The van der Waals surface area contributed by atoms with Gasteiger partial charge in [0.2, 0.25) is 0 Å². The molecule has 0 fully saturated rings. The van der Waals surface area contributed by atoms with Crippen LogP contribution >= 0.6 is 0 Å². The summed E-state index contributed by atoms with van der Waals surface area (Å²) >= 11 is 0. The van der Waals surface area contributed by atoms with E-state index in [1.165, 1.54) is 44.5 Å². The van der Waals surface area contributed by atoms with Crippen LogP contribution in [0, 0.1) is 13.8 Å². The molecule has 0 spiro atoms. The number of aryl methyl sites for hydroxylation is 2. The van der Waals surface area contributed by atoms with Crippen molar-refractivity contribution in [2.24, 2.45) is 0 Å². The molecule has 0 aliphatic rings. The van der Waals surface area contributed by atoms with Gasteiger partial charge < -0.3 is 0 Å². The van der Waals surface area contributed by atoms with Gasteiger partial charge in [-0.2, -0.15) is 0 Å². The summed E-state index contributed by atoms with van der Waals surface area (Å²) in [7, 11) is 0. The van der Waals surface area contributed by atoms with E-state index in [1.54, 1.807) is 0 Å². The van der Waals surface area contributed by atoms with Gasteiger partial charge in [0.25, 0.3) is 0 Å². The van der Waals surface area contributed by atoms with Crippen LogP contribution in [0.5, 0.6) is 0 Å². The zero-order chi connectivity index (χ0) is 17.1. The van der Waals surface area contributed by atoms with Crippen LogP contribution in [-0.4, -0.2) is 0 Å². The summed E-state index contributed by atoms with van der Waals surface area (Å²) < 4.78 is 0. The van der Waals surface area contributed by atoms with Crippen molar-refractivity contribution in [3.05, 3.63) is 95.1 Å². The summed E-state index contributed by atoms with van der Waals surface area (Å²) in [5.41, 5.74) is 10.5. The van der Waals surface area contributed by atoms with Gasteiger partial charge in [0, 0.05) is 0 Å². The van der Waals surface area contributed by atoms with Crippen LogP contribution in [0.4, 0.5) is 0 Å². The minimum Gasteiger partial charge on any atom is -0.0622 e. The number of rotatable bonds is 3. The molecule has 24 heavy (non-hydrogen) atoms. The first-order valence-electron chi connectivity index (χ1n) is 8.48. The summed E-state index contributed by atoms with van der Waals surface area (Å²) in [6, 6.07) is 26.0. The Hall–Kier alpha value is -2.60. The Morgan fingerprint density at radius 2 is 1.12 bits per heavy atom. The molecule has 3 rings (SSSR count). The molecular formula is C24H24. The second-order valence-electron chi connectivity index (χ2n) is 6.46. The smallest absolute Gasteiger partial charge is 0.0146 e. The van der Waals surface area contributed by atoms with Crippen LogP contribution in [0.15, 0.2) is 72.8 Å². The second kappa shape index (κ2) is 6.88. The molecule has 120 valence electrons. The fourth-order valence-corrected chi connectivity index (χ4v) is 3.14. The van der Waals surface area contributed by atoms with E-state index in [4.69, 9.17) is 0 Å². The quantitative estimate of drug-likeness (QED) is 0.460. The lowest BCUT2D eigenvalue weighted by molar-refractivity contribution is 1.39. The largest absolute Gasteiger partial charge is 0.0622 e. The van der Waals surface area contributed by atoms with Gasteiger partial charge in [-0.25, -0.2) is 0 Å². The Kier molecular flexibility index (Phi) is 4.66. The molecule has 0 aliphatic heterocycles. The molecule has 3 aromatic rings. The highest BCUT2D eigenvalue weighted by Gasteiger charge is 2.09. The summed E-state index contributed by atoms with van der Waals surface area (Å²) in [5.74, 6) is 0. The fraction of sp³-hybridized carbons (Fsp3) is 0.167. The van der Waals surface area contributed by atoms with E-state index >= 15 is 0 Å². The third kappa shape index (κ3) is 3.19. The van der Waals surface area contributed by atoms with Gasteiger partial charge in [0.05, 0.1) is 0 Å². The molecule has 0 unspecified atom stereocenters. The van der Waals surface area contributed by atoms with E-state index in [9.17, 15) is 0 Å².